The lowest BCUT2D eigenvalue weighted by Gasteiger charge is -2.22. The Balaban J connectivity index is 4.17. The summed E-state index contributed by atoms with van der Waals surface area (Å²) in [5, 5.41) is 38.9. The summed E-state index contributed by atoms with van der Waals surface area (Å²) in [6.45, 7) is 8.71. The molecule has 0 fully saturated rings. The standard InChI is InChI=1S/C23H48O10/c1-5-29-16-22(14-20(26)12-18(2)24)32-10-8-30-9-11-33-23(17-31-7-6-28-4)15-21(27)13-19(3)25/h18-27H,5-17H2,1-4H3. The molecule has 6 atom stereocenters. The number of hydrogen-bond acceptors (Lipinski definition) is 10. The van der Waals surface area contributed by atoms with Crippen LogP contribution in [0.5, 0.6) is 0 Å². The van der Waals surface area contributed by atoms with Crippen molar-refractivity contribution in [1.82, 2.24) is 0 Å². The van der Waals surface area contributed by atoms with E-state index in [9.17, 15) is 20.4 Å². The van der Waals surface area contributed by atoms with E-state index in [0.717, 1.165) is 0 Å². The molecule has 0 aromatic carbocycles. The lowest BCUT2D eigenvalue weighted by atomic mass is 10.1. The maximum absolute atomic E-state index is 10.1. The molecule has 33 heavy (non-hydrogen) atoms. The molecule has 0 aromatic rings. The van der Waals surface area contributed by atoms with Gasteiger partial charge >= 0.3 is 0 Å². The maximum atomic E-state index is 10.1. The Kier molecular flexibility index (Phi) is 21.8. The van der Waals surface area contributed by atoms with Crippen molar-refractivity contribution in [2.24, 2.45) is 0 Å². The molecule has 0 aliphatic heterocycles. The van der Waals surface area contributed by atoms with Crippen LogP contribution in [0.1, 0.15) is 46.5 Å². The van der Waals surface area contributed by atoms with Crippen LogP contribution in [0, 0.1) is 0 Å². The van der Waals surface area contributed by atoms with Gasteiger partial charge in [-0.2, -0.15) is 0 Å². The summed E-state index contributed by atoms with van der Waals surface area (Å²) in [6.07, 6.45) is -1.77. The van der Waals surface area contributed by atoms with Crippen molar-refractivity contribution in [2.75, 3.05) is 66.6 Å². The third-order valence-electron chi connectivity index (χ3n) is 4.70. The molecule has 0 radical (unpaired) electrons. The van der Waals surface area contributed by atoms with E-state index in [-0.39, 0.29) is 18.6 Å². The van der Waals surface area contributed by atoms with E-state index in [0.29, 0.717) is 78.7 Å². The number of aliphatic hydroxyl groups excluding tert-OH is 4. The van der Waals surface area contributed by atoms with Crippen molar-refractivity contribution in [2.45, 2.75) is 83.1 Å². The fourth-order valence-electron chi connectivity index (χ4n) is 3.21. The van der Waals surface area contributed by atoms with E-state index in [1.807, 2.05) is 6.92 Å². The highest BCUT2D eigenvalue weighted by molar-refractivity contribution is 4.68. The largest absolute Gasteiger partial charge is 0.393 e. The van der Waals surface area contributed by atoms with Crippen LogP contribution in [0.4, 0.5) is 0 Å². The van der Waals surface area contributed by atoms with Gasteiger partial charge in [-0.1, -0.05) is 0 Å². The first-order valence-electron chi connectivity index (χ1n) is 12.0. The Morgan fingerprint density at radius 3 is 1.45 bits per heavy atom. The SMILES string of the molecule is CCOCC(CC(O)CC(C)O)OCCOCCOC(COCCOC)CC(O)CC(C)O. The summed E-state index contributed by atoms with van der Waals surface area (Å²) in [4.78, 5) is 0. The number of ether oxygens (including phenoxy) is 6. The molecule has 0 aliphatic rings. The number of rotatable bonds is 24. The highest BCUT2D eigenvalue weighted by atomic mass is 16.6. The van der Waals surface area contributed by atoms with Crippen LogP contribution < -0.4 is 0 Å². The van der Waals surface area contributed by atoms with Gasteiger partial charge in [-0.05, 0) is 33.6 Å². The molecule has 10 heteroatoms. The lowest BCUT2D eigenvalue weighted by Crippen LogP contribution is -2.30. The van der Waals surface area contributed by atoms with Gasteiger partial charge in [0.2, 0.25) is 0 Å². The third kappa shape index (κ3) is 21.8. The molecule has 0 amide bonds. The average Bonchev–Trinajstić information content (AvgIpc) is 2.72. The minimum atomic E-state index is -0.679. The first-order chi connectivity index (χ1) is 15.8. The summed E-state index contributed by atoms with van der Waals surface area (Å²) < 4.78 is 33.0. The molecule has 0 saturated carbocycles. The molecule has 6 unspecified atom stereocenters. The van der Waals surface area contributed by atoms with Crippen molar-refractivity contribution in [3.05, 3.63) is 0 Å². The molecule has 4 N–H and O–H groups in total. The minimum Gasteiger partial charge on any atom is -0.393 e. The smallest absolute Gasteiger partial charge is 0.0834 e. The Morgan fingerprint density at radius 2 is 1.03 bits per heavy atom. The van der Waals surface area contributed by atoms with E-state index in [1.165, 1.54) is 0 Å². The van der Waals surface area contributed by atoms with E-state index in [1.54, 1.807) is 21.0 Å². The number of aliphatic hydroxyl groups is 4. The second-order valence-corrected chi connectivity index (χ2v) is 8.27. The summed E-state index contributed by atoms with van der Waals surface area (Å²) >= 11 is 0. The normalized spacial score (nSPS) is 17.5. The Morgan fingerprint density at radius 1 is 0.576 bits per heavy atom. The molecule has 200 valence electrons. The van der Waals surface area contributed by atoms with Gasteiger partial charge in [0.15, 0.2) is 0 Å². The zero-order valence-electron chi connectivity index (χ0n) is 20.9. The molecule has 0 aliphatic carbocycles. The molecular weight excluding hydrogens is 436 g/mol. The Bertz CT molecular complexity index is 411. The molecule has 0 saturated heterocycles. The van der Waals surface area contributed by atoms with Gasteiger partial charge in [0, 0.05) is 26.6 Å². The highest BCUT2D eigenvalue weighted by Gasteiger charge is 2.18. The van der Waals surface area contributed by atoms with Crippen LogP contribution >= 0.6 is 0 Å². The fraction of sp³-hybridized carbons (Fsp3) is 1.00. The summed E-state index contributed by atoms with van der Waals surface area (Å²) in [5.74, 6) is 0. The van der Waals surface area contributed by atoms with Gasteiger partial charge < -0.3 is 48.8 Å². The molecule has 10 nitrogen and oxygen atoms in total. The van der Waals surface area contributed by atoms with Crippen LogP contribution in [0.3, 0.4) is 0 Å². The predicted molar refractivity (Wildman–Crippen MR) is 123 cm³/mol. The van der Waals surface area contributed by atoms with Gasteiger partial charge in [0.25, 0.3) is 0 Å². The van der Waals surface area contributed by atoms with Crippen LogP contribution in [0.2, 0.25) is 0 Å². The van der Waals surface area contributed by atoms with Crippen molar-refractivity contribution >= 4 is 0 Å². The van der Waals surface area contributed by atoms with Crippen LogP contribution in [0.25, 0.3) is 0 Å². The van der Waals surface area contributed by atoms with E-state index in [4.69, 9.17) is 28.4 Å². The van der Waals surface area contributed by atoms with Gasteiger partial charge in [0.1, 0.15) is 0 Å². The minimum absolute atomic E-state index is 0.275. The van der Waals surface area contributed by atoms with Crippen LogP contribution in [-0.4, -0.2) is 124 Å². The maximum Gasteiger partial charge on any atom is 0.0834 e. The second-order valence-electron chi connectivity index (χ2n) is 8.27. The zero-order valence-corrected chi connectivity index (χ0v) is 20.9. The van der Waals surface area contributed by atoms with Crippen LogP contribution in [0.15, 0.2) is 0 Å². The molecule has 0 spiro atoms. The first-order valence-corrected chi connectivity index (χ1v) is 12.0. The third-order valence-corrected chi connectivity index (χ3v) is 4.70. The fourth-order valence-corrected chi connectivity index (χ4v) is 3.21. The predicted octanol–water partition coefficient (Wildman–Crippen LogP) is 0.517. The van der Waals surface area contributed by atoms with Gasteiger partial charge in [0.05, 0.1) is 89.5 Å². The topological polar surface area (TPSA) is 136 Å². The van der Waals surface area contributed by atoms with Gasteiger partial charge in [-0.3, -0.25) is 0 Å². The summed E-state index contributed by atoms with van der Waals surface area (Å²) in [5.41, 5.74) is 0. The molecule has 0 aromatic heterocycles. The van der Waals surface area contributed by atoms with Crippen LogP contribution in [-0.2, 0) is 28.4 Å². The number of methoxy groups -OCH3 is 1. The van der Waals surface area contributed by atoms with Crippen molar-refractivity contribution in [1.29, 1.82) is 0 Å². The van der Waals surface area contributed by atoms with Gasteiger partial charge in [-0.15, -0.1) is 0 Å². The lowest BCUT2D eigenvalue weighted by molar-refractivity contribution is -0.0783. The highest BCUT2D eigenvalue weighted by Crippen LogP contribution is 2.11. The Hall–Kier alpha value is -0.400. The first kappa shape index (κ1) is 32.6. The molecule has 0 heterocycles. The quantitative estimate of drug-likeness (QED) is 0.144. The van der Waals surface area contributed by atoms with Crippen molar-refractivity contribution in [3.8, 4) is 0 Å². The zero-order chi connectivity index (χ0) is 24.9. The molecule has 0 rings (SSSR count). The van der Waals surface area contributed by atoms with E-state index in [2.05, 4.69) is 0 Å². The summed E-state index contributed by atoms with van der Waals surface area (Å²) in [6, 6.07) is 0. The average molecular weight is 485 g/mol. The van der Waals surface area contributed by atoms with Crippen molar-refractivity contribution < 1.29 is 48.8 Å². The number of hydrogen-bond donors (Lipinski definition) is 4. The van der Waals surface area contributed by atoms with E-state index >= 15 is 0 Å². The molecular formula is C23H48O10. The van der Waals surface area contributed by atoms with Gasteiger partial charge in [-0.25, -0.2) is 0 Å². The summed E-state index contributed by atoms with van der Waals surface area (Å²) in [7, 11) is 1.60. The monoisotopic (exact) mass is 484 g/mol. The van der Waals surface area contributed by atoms with E-state index < -0.39 is 24.4 Å². The molecule has 0 bridgehead atoms. The Labute approximate surface area is 199 Å². The van der Waals surface area contributed by atoms with Crippen molar-refractivity contribution in [3.63, 3.8) is 0 Å². The second kappa shape index (κ2) is 22.1.